The Labute approximate surface area is 121 Å². The summed E-state index contributed by atoms with van der Waals surface area (Å²) in [5.74, 6) is 0.210. The zero-order valence-electron chi connectivity index (χ0n) is 10.5. The highest BCUT2D eigenvalue weighted by atomic mass is 79.9. The summed E-state index contributed by atoms with van der Waals surface area (Å²) >= 11 is 3.33. The molecule has 1 atom stereocenters. The van der Waals surface area contributed by atoms with Crippen molar-refractivity contribution in [1.82, 2.24) is 4.90 Å². The number of halogens is 1. The molecular weight excluding hydrogens is 332 g/mol. The van der Waals surface area contributed by atoms with E-state index in [2.05, 4.69) is 21.2 Å². The Bertz CT molecular complexity index is 588. The molecule has 1 N–H and O–H groups in total. The number of carbonyl (C=O) groups is 1. The van der Waals surface area contributed by atoms with Gasteiger partial charge in [-0.05, 0) is 24.6 Å². The van der Waals surface area contributed by atoms with E-state index in [9.17, 15) is 13.2 Å². The van der Waals surface area contributed by atoms with Gasteiger partial charge in [-0.2, -0.15) is 0 Å². The second kappa shape index (κ2) is 5.50. The number of rotatable bonds is 2. The summed E-state index contributed by atoms with van der Waals surface area (Å²) in [5.41, 5.74) is 0.673. The number of nitrogens with one attached hydrogen (secondary N) is 1. The van der Waals surface area contributed by atoms with Crippen LogP contribution in [0.15, 0.2) is 28.7 Å². The quantitative estimate of drug-likeness (QED) is 0.891. The van der Waals surface area contributed by atoms with Gasteiger partial charge in [0, 0.05) is 23.2 Å². The normalized spacial score (nSPS) is 21.1. The molecule has 2 rings (SSSR count). The van der Waals surface area contributed by atoms with Crippen LogP contribution in [0.1, 0.15) is 6.42 Å². The molecule has 0 spiro atoms. The number of amides is 2. The highest BCUT2D eigenvalue weighted by molar-refractivity contribution is 9.10. The average molecular weight is 347 g/mol. The Morgan fingerprint density at radius 2 is 2.21 bits per heavy atom. The van der Waals surface area contributed by atoms with Crippen LogP contribution in [-0.4, -0.2) is 43.9 Å². The summed E-state index contributed by atoms with van der Waals surface area (Å²) < 4.78 is 23.7. The monoisotopic (exact) mass is 346 g/mol. The van der Waals surface area contributed by atoms with E-state index >= 15 is 0 Å². The molecule has 1 aliphatic rings. The lowest BCUT2D eigenvalue weighted by atomic mass is 10.2. The number of anilines is 1. The molecule has 0 aromatic heterocycles. The van der Waals surface area contributed by atoms with Gasteiger partial charge < -0.3 is 10.2 Å². The second-order valence-electron chi connectivity index (χ2n) is 4.61. The van der Waals surface area contributed by atoms with Crippen LogP contribution in [-0.2, 0) is 9.84 Å². The molecule has 5 nitrogen and oxygen atoms in total. The molecule has 1 heterocycles. The first kappa shape index (κ1) is 14.3. The van der Waals surface area contributed by atoms with Gasteiger partial charge in [-0.15, -0.1) is 0 Å². The Kier molecular flexibility index (Phi) is 4.15. The van der Waals surface area contributed by atoms with Crippen molar-refractivity contribution in [2.24, 2.45) is 0 Å². The summed E-state index contributed by atoms with van der Waals surface area (Å²) in [7, 11) is -1.36. The highest BCUT2D eigenvalue weighted by Crippen LogP contribution is 2.19. The van der Waals surface area contributed by atoms with E-state index < -0.39 is 9.84 Å². The third kappa shape index (κ3) is 3.70. The highest BCUT2D eigenvalue weighted by Gasteiger charge is 2.32. The lowest BCUT2D eigenvalue weighted by Gasteiger charge is -2.23. The molecule has 2 amide bonds. The molecule has 104 valence electrons. The van der Waals surface area contributed by atoms with Gasteiger partial charge in [0.25, 0.3) is 0 Å². The van der Waals surface area contributed by atoms with Crippen molar-refractivity contribution in [3.05, 3.63) is 28.7 Å². The minimum absolute atomic E-state index is 0.0510. The van der Waals surface area contributed by atoms with Crippen molar-refractivity contribution in [2.45, 2.75) is 12.5 Å². The molecule has 1 unspecified atom stereocenters. The second-order valence-corrected chi connectivity index (χ2v) is 7.75. The van der Waals surface area contributed by atoms with Crippen LogP contribution in [0.5, 0.6) is 0 Å². The zero-order valence-corrected chi connectivity index (χ0v) is 12.9. The van der Waals surface area contributed by atoms with Gasteiger partial charge in [0.05, 0.1) is 11.5 Å². The average Bonchev–Trinajstić information content (AvgIpc) is 2.68. The van der Waals surface area contributed by atoms with Gasteiger partial charge in [-0.1, -0.05) is 22.0 Å². The molecule has 7 heteroatoms. The fraction of sp³-hybridized carbons (Fsp3) is 0.417. The number of sulfone groups is 1. The Balaban J connectivity index is 2.00. The molecule has 0 bridgehead atoms. The number of carbonyl (C=O) groups excluding carboxylic acids is 1. The molecule has 1 aliphatic heterocycles. The molecule has 0 aliphatic carbocycles. The summed E-state index contributed by atoms with van der Waals surface area (Å²) in [4.78, 5) is 13.5. The van der Waals surface area contributed by atoms with Crippen molar-refractivity contribution in [1.29, 1.82) is 0 Å². The standard InChI is InChI=1S/C12H15BrN2O3S/c1-15(11-5-6-19(17,18)8-11)12(16)14-10-4-2-3-9(13)7-10/h2-4,7,11H,5-6,8H2,1H3,(H,14,16). The largest absolute Gasteiger partial charge is 0.324 e. The minimum Gasteiger partial charge on any atom is -0.324 e. The number of benzene rings is 1. The first-order valence-corrected chi connectivity index (χ1v) is 8.49. The molecular formula is C12H15BrN2O3S. The van der Waals surface area contributed by atoms with Crippen LogP contribution in [0.2, 0.25) is 0 Å². The summed E-state index contributed by atoms with van der Waals surface area (Å²) in [6, 6.07) is 6.72. The van der Waals surface area contributed by atoms with E-state index in [-0.39, 0.29) is 23.6 Å². The third-order valence-electron chi connectivity index (χ3n) is 3.15. The molecule has 0 radical (unpaired) electrons. The number of hydrogen-bond acceptors (Lipinski definition) is 3. The molecule has 1 aromatic carbocycles. The summed E-state index contributed by atoms with van der Waals surface area (Å²) in [6.45, 7) is 0. The number of nitrogens with zero attached hydrogens (tertiary/aromatic N) is 1. The van der Waals surface area contributed by atoms with Crippen molar-refractivity contribution in [3.63, 3.8) is 0 Å². The lowest BCUT2D eigenvalue weighted by molar-refractivity contribution is 0.209. The van der Waals surface area contributed by atoms with E-state index in [4.69, 9.17) is 0 Å². The Morgan fingerprint density at radius 3 is 2.79 bits per heavy atom. The van der Waals surface area contributed by atoms with Gasteiger partial charge in [0.15, 0.2) is 9.84 Å². The number of urea groups is 1. The molecule has 1 aromatic rings. The van der Waals surface area contributed by atoms with Gasteiger partial charge >= 0.3 is 6.03 Å². The van der Waals surface area contributed by atoms with E-state index in [0.29, 0.717) is 12.1 Å². The van der Waals surface area contributed by atoms with E-state index in [1.165, 1.54) is 4.90 Å². The van der Waals surface area contributed by atoms with E-state index in [1.54, 1.807) is 19.2 Å². The van der Waals surface area contributed by atoms with E-state index in [1.807, 2.05) is 12.1 Å². The maximum Gasteiger partial charge on any atom is 0.321 e. The smallest absolute Gasteiger partial charge is 0.321 e. The third-order valence-corrected chi connectivity index (χ3v) is 5.40. The lowest BCUT2D eigenvalue weighted by Crippen LogP contribution is -2.40. The fourth-order valence-electron chi connectivity index (χ4n) is 2.02. The van der Waals surface area contributed by atoms with Gasteiger partial charge in [0.1, 0.15) is 0 Å². The SMILES string of the molecule is CN(C(=O)Nc1cccc(Br)c1)C1CCS(=O)(=O)C1. The van der Waals surface area contributed by atoms with Crippen molar-refractivity contribution in [3.8, 4) is 0 Å². The van der Waals surface area contributed by atoms with Crippen LogP contribution < -0.4 is 5.32 Å². The number of hydrogen-bond donors (Lipinski definition) is 1. The van der Waals surface area contributed by atoms with E-state index in [0.717, 1.165) is 4.47 Å². The fourth-order valence-corrected chi connectivity index (χ4v) is 4.20. The minimum atomic E-state index is -2.98. The van der Waals surface area contributed by atoms with Crippen LogP contribution >= 0.6 is 15.9 Å². The maximum atomic E-state index is 12.0. The Morgan fingerprint density at radius 1 is 1.47 bits per heavy atom. The Hall–Kier alpha value is -1.08. The van der Waals surface area contributed by atoms with Crippen LogP contribution in [0.25, 0.3) is 0 Å². The van der Waals surface area contributed by atoms with Crippen LogP contribution in [0.4, 0.5) is 10.5 Å². The predicted octanol–water partition coefficient (Wildman–Crippen LogP) is 2.10. The van der Waals surface area contributed by atoms with Crippen LogP contribution in [0.3, 0.4) is 0 Å². The van der Waals surface area contributed by atoms with Crippen molar-refractivity contribution in [2.75, 3.05) is 23.9 Å². The van der Waals surface area contributed by atoms with Gasteiger partial charge in [-0.3, -0.25) is 0 Å². The van der Waals surface area contributed by atoms with Crippen molar-refractivity contribution < 1.29 is 13.2 Å². The first-order chi connectivity index (χ1) is 8.87. The predicted molar refractivity (Wildman–Crippen MR) is 78.0 cm³/mol. The molecule has 1 saturated heterocycles. The first-order valence-electron chi connectivity index (χ1n) is 5.87. The summed E-state index contributed by atoms with van der Waals surface area (Å²) in [5, 5.41) is 2.75. The molecule has 19 heavy (non-hydrogen) atoms. The van der Waals surface area contributed by atoms with Crippen molar-refractivity contribution >= 4 is 37.5 Å². The summed E-state index contributed by atoms with van der Waals surface area (Å²) in [6.07, 6.45) is 0.505. The topological polar surface area (TPSA) is 66.5 Å². The zero-order chi connectivity index (χ0) is 14.0. The maximum absolute atomic E-state index is 12.0. The molecule has 1 fully saturated rings. The van der Waals surface area contributed by atoms with Crippen LogP contribution in [0, 0.1) is 0 Å². The van der Waals surface area contributed by atoms with Gasteiger partial charge in [-0.25, -0.2) is 13.2 Å². The molecule has 0 saturated carbocycles. The van der Waals surface area contributed by atoms with Gasteiger partial charge in [0.2, 0.25) is 0 Å².